The van der Waals surface area contributed by atoms with Crippen molar-refractivity contribution in [2.45, 2.75) is 25.3 Å². The Morgan fingerprint density at radius 2 is 2.00 bits per heavy atom. The van der Waals surface area contributed by atoms with Crippen LogP contribution in [0.25, 0.3) is 22.0 Å². The lowest BCUT2D eigenvalue weighted by atomic mass is 9.97. The molecule has 0 aliphatic carbocycles. The van der Waals surface area contributed by atoms with Gasteiger partial charge in [-0.05, 0) is 49.0 Å². The summed E-state index contributed by atoms with van der Waals surface area (Å²) in [6, 6.07) is 17.8. The van der Waals surface area contributed by atoms with Gasteiger partial charge in [0.1, 0.15) is 5.52 Å². The molecule has 2 aromatic carbocycles. The van der Waals surface area contributed by atoms with Gasteiger partial charge in [0, 0.05) is 30.1 Å². The molecule has 0 radical (unpaired) electrons. The predicted molar refractivity (Wildman–Crippen MR) is 106 cm³/mol. The molecule has 0 spiro atoms. The fourth-order valence-electron chi connectivity index (χ4n) is 4.02. The topological polar surface area (TPSA) is 62.1 Å². The summed E-state index contributed by atoms with van der Waals surface area (Å²) in [6.45, 7) is 2.50. The van der Waals surface area contributed by atoms with Gasteiger partial charge in [0.2, 0.25) is 0 Å². The highest BCUT2D eigenvalue weighted by Gasteiger charge is 2.26. The zero-order chi connectivity index (χ0) is 18.2. The fourth-order valence-corrected chi connectivity index (χ4v) is 4.02. The van der Waals surface area contributed by atoms with Gasteiger partial charge in [-0.15, -0.1) is 0 Å². The summed E-state index contributed by atoms with van der Waals surface area (Å²) in [4.78, 5) is 22.5. The quantitative estimate of drug-likeness (QED) is 0.599. The van der Waals surface area contributed by atoms with Crippen LogP contribution in [0.3, 0.4) is 0 Å². The molecule has 1 N–H and O–H groups in total. The van der Waals surface area contributed by atoms with Crippen molar-refractivity contribution >= 4 is 22.0 Å². The summed E-state index contributed by atoms with van der Waals surface area (Å²) in [5, 5.41) is 1.07. The Morgan fingerprint density at radius 1 is 1.15 bits per heavy atom. The van der Waals surface area contributed by atoms with Gasteiger partial charge in [-0.2, -0.15) is 0 Å². The second kappa shape index (κ2) is 6.67. The van der Waals surface area contributed by atoms with Gasteiger partial charge in [0.25, 0.3) is 5.56 Å². The van der Waals surface area contributed by atoms with E-state index in [2.05, 4.69) is 14.9 Å². The van der Waals surface area contributed by atoms with Gasteiger partial charge in [0.05, 0.1) is 0 Å². The molecule has 0 saturated carbocycles. The Morgan fingerprint density at radius 3 is 2.93 bits per heavy atom. The number of piperidine rings is 1. The number of likely N-dealkylation sites (tertiary alicyclic amines) is 1. The molecule has 1 fully saturated rings. The summed E-state index contributed by atoms with van der Waals surface area (Å²) in [7, 11) is 0. The number of para-hydroxylation sites is 3. The lowest BCUT2D eigenvalue weighted by Gasteiger charge is -2.31. The van der Waals surface area contributed by atoms with Crippen molar-refractivity contribution in [3.63, 3.8) is 0 Å². The molecule has 3 heterocycles. The van der Waals surface area contributed by atoms with Crippen molar-refractivity contribution in [2.24, 2.45) is 0 Å². The van der Waals surface area contributed by atoms with Crippen LogP contribution in [-0.4, -0.2) is 28.0 Å². The second-order valence-electron chi connectivity index (χ2n) is 7.31. The molecule has 0 bridgehead atoms. The SMILES string of the molecule is O=c1[nH]c2ccccc2cc1CN1CCC[C@@H](c2nc3ccccc3o2)C1. The van der Waals surface area contributed by atoms with E-state index in [1.807, 2.05) is 54.6 Å². The van der Waals surface area contributed by atoms with Crippen molar-refractivity contribution in [3.8, 4) is 0 Å². The van der Waals surface area contributed by atoms with Gasteiger partial charge in [-0.25, -0.2) is 4.98 Å². The van der Waals surface area contributed by atoms with Crippen molar-refractivity contribution < 1.29 is 4.42 Å². The molecule has 0 unspecified atom stereocenters. The molecule has 27 heavy (non-hydrogen) atoms. The highest BCUT2D eigenvalue weighted by molar-refractivity contribution is 5.78. The summed E-state index contributed by atoms with van der Waals surface area (Å²) >= 11 is 0. The van der Waals surface area contributed by atoms with E-state index in [1.54, 1.807) is 0 Å². The number of fused-ring (bicyclic) bond motifs is 2. The molecular weight excluding hydrogens is 338 g/mol. The molecule has 1 saturated heterocycles. The number of pyridine rings is 1. The summed E-state index contributed by atoms with van der Waals surface area (Å²) < 4.78 is 5.98. The van der Waals surface area contributed by atoms with Gasteiger partial charge >= 0.3 is 0 Å². The average molecular weight is 359 g/mol. The van der Waals surface area contributed by atoms with Gasteiger partial charge in [0.15, 0.2) is 11.5 Å². The smallest absolute Gasteiger partial charge is 0.252 e. The van der Waals surface area contributed by atoms with Crippen molar-refractivity contribution in [1.29, 1.82) is 0 Å². The minimum absolute atomic E-state index is 0.00214. The minimum atomic E-state index is -0.00214. The number of oxazole rings is 1. The molecule has 0 amide bonds. The van der Waals surface area contributed by atoms with E-state index in [4.69, 9.17) is 4.42 Å². The van der Waals surface area contributed by atoms with Crippen LogP contribution in [0.15, 0.2) is 63.8 Å². The number of benzene rings is 2. The van der Waals surface area contributed by atoms with Gasteiger partial charge in [-0.3, -0.25) is 9.69 Å². The largest absolute Gasteiger partial charge is 0.440 e. The maximum Gasteiger partial charge on any atom is 0.252 e. The third-order valence-electron chi connectivity index (χ3n) is 5.39. The molecule has 4 aromatic rings. The third kappa shape index (κ3) is 3.15. The maximum atomic E-state index is 12.5. The van der Waals surface area contributed by atoms with E-state index in [0.29, 0.717) is 6.54 Å². The van der Waals surface area contributed by atoms with Crippen LogP contribution in [0.4, 0.5) is 0 Å². The first-order chi connectivity index (χ1) is 13.3. The Labute approximate surface area is 156 Å². The normalized spacial score (nSPS) is 18.3. The molecule has 5 nitrogen and oxygen atoms in total. The zero-order valence-electron chi connectivity index (χ0n) is 15.0. The minimum Gasteiger partial charge on any atom is -0.440 e. The van der Waals surface area contributed by atoms with Crippen LogP contribution in [0, 0.1) is 0 Å². The van der Waals surface area contributed by atoms with E-state index < -0.39 is 0 Å². The van der Waals surface area contributed by atoms with Crippen LogP contribution in [0.2, 0.25) is 0 Å². The Hall–Kier alpha value is -2.92. The number of hydrogen-bond acceptors (Lipinski definition) is 4. The summed E-state index contributed by atoms with van der Waals surface area (Å²) in [6.07, 6.45) is 2.15. The molecular formula is C22H21N3O2. The van der Waals surface area contributed by atoms with Crippen molar-refractivity contribution in [1.82, 2.24) is 14.9 Å². The number of H-pyrrole nitrogens is 1. The monoisotopic (exact) mass is 359 g/mol. The molecule has 1 aliphatic heterocycles. The Bertz CT molecular complexity index is 1130. The lowest BCUT2D eigenvalue weighted by molar-refractivity contribution is 0.187. The average Bonchev–Trinajstić information content (AvgIpc) is 3.13. The molecule has 2 aromatic heterocycles. The van der Waals surface area contributed by atoms with E-state index in [-0.39, 0.29) is 11.5 Å². The van der Waals surface area contributed by atoms with Crippen molar-refractivity contribution in [2.75, 3.05) is 13.1 Å². The van der Waals surface area contributed by atoms with Crippen molar-refractivity contribution in [3.05, 3.63) is 76.4 Å². The van der Waals surface area contributed by atoms with Crippen LogP contribution in [0.5, 0.6) is 0 Å². The third-order valence-corrected chi connectivity index (χ3v) is 5.39. The zero-order valence-corrected chi connectivity index (χ0v) is 15.0. The first-order valence-corrected chi connectivity index (χ1v) is 9.45. The number of aromatic nitrogens is 2. The highest BCUT2D eigenvalue weighted by Crippen LogP contribution is 2.29. The lowest BCUT2D eigenvalue weighted by Crippen LogP contribution is -2.35. The van der Waals surface area contributed by atoms with Crippen LogP contribution in [0.1, 0.15) is 30.2 Å². The molecule has 1 atom stereocenters. The van der Waals surface area contributed by atoms with Gasteiger partial charge < -0.3 is 9.40 Å². The highest BCUT2D eigenvalue weighted by atomic mass is 16.3. The van der Waals surface area contributed by atoms with E-state index in [9.17, 15) is 4.79 Å². The number of hydrogen-bond donors (Lipinski definition) is 1. The summed E-state index contributed by atoms with van der Waals surface area (Å²) in [5.74, 6) is 1.08. The standard InChI is InChI=1S/C22H21N3O2/c26-21-17(12-15-6-1-2-8-18(15)23-21)14-25-11-5-7-16(13-25)22-24-19-9-3-4-10-20(19)27-22/h1-4,6,8-10,12,16H,5,7,11,13-14H2,(H,23,26)/t16-/m1/s1. The van der Waals surface area contributed by atoms with Crippen LogP contribution < -0.4 is 5.56 Å². The second-order valence-corrected chi connectivity index (χ2v) is 7.31. The molecule has 5 heteroatoms. The summed E-state index contributed by atoms with van der Waals surface area (Å²) in [5.41, 5.74) is 3.45. The van der Waals surface area contributed by atoms with Gasteiger partial charge in [-0.1, -0.05) is 30.3 Å². The van der Waals surface area contributed by atoms with E-state index in [0.717, 1.165) is 59.4 Å². The number of rotatable bonds is 3. The maximum absolute atomic E-state index is 12.5. The number of nitrogens with one attached hydrogen (secondary N) is 1. The molecule has 136 valence electrons. The Balaban J connectivity index is 1.38. The first kappa shape index (κ1) is 16.3. The Kier molecular flexibility index (Phi) is 4.02. The number of nitrogens with zero attached hydrogens (tertiary/aromatic N) is 2. The predicted octanol–water partition coefficient (Wildman–Crippen LogP) is 4.05. The van der Waals surface area contributed by atoms with E-state index >= 15 is 0 Å². The van der Waals surface area contributed by atoms with Crippen LogP contribution in [-0.2, 0) is 6.54 Å². The number of aromatic amines is 1. The fraction of sp³-hybridized carbons (Fsp3) is 0.273. The van der Waals surface area contributed by atoms with E-state index in [1.165, 1.54) is 0 Å². The van der Waals surface area contributed by atoms with Crippen LogP contribution >= 0.6 is 0 Å². The first-order valence-electron chi connectivity index (χ1n) is 9.45. The molecule has 5 rings (SSSR count). The molecule has 1 aliphatic rings.